The number of nitrogens with zero attached hydrogens (tertiary/aromatic N) is 2. The molecule has 37 heavy (non-hydrogen) atoms. The van der Waals surface area contributed by atoms with Crippen LogP contribution in [-0.4, -0.2) is 102 Å². The molecule has 0 saturated carbocycles. The number of hydrogen-bond donors (Lipinski definition) is 5. The van der Waals surface area contributed by atoms with E-state index in [4.69, 9.17) is 25.2 Å². The quantitative estimate of drug-likeness (QED) is 0.262. The molecule has 13 heteroatoms. The monoisotopic (exact) mass is 528 g/mol. The van der Waals surface area contributed by atoms with E-state index in [0.717, 1.165) is 41.7 Å². The molecular formula is C24H36N2O11. The summed E-state index contributed by atoms with van der Waals surface area (Å²) in [5.74, 6) is -1.53. The zero-order chi connectivity index (χ0) is 25.0. The fourth-order valence-electron chi connectivity index (χ4n) is 4.71. The maximum Gasteiger partial charge on any atom is 0.335 e. The third-order valence-corrected chi connectivity index (χ3v) is 6.62. The molecular weight excluding hydrogens is 492 g/mol. The lowest BCUT2D eigenvalue weighted by molar-refractivity contribution is -0.165. The van der Waals surface area contributed by atoms with Crippen molar-refractivity contribution in [2.75, 3.05) is 20.2 Å². The minimum absolute atomic E-state index is 0. The number of carbonyl (C=O) groups is 2. The van der Waals surface area contributed by atoms with Gasteiger partial charge in [0.1, 0.15) is 5.75 Å². The molecule has 1 unspecified atom stereocenters. The van der Waals surface area contributed by atoms with Gasteiger partial charge in [-0.1, -0.05) is 6.08 Å². The Morgan fingerprint density at radius 1 is 1.11 bits per heavy atom. The average Bonchev–Trinajstić information content (AvgIpc) is 2.86. The molecule has 7 atom stereocenters. The van der Waals surface area contributed by atoms with Gasteiger partial charge in [0.2, 0.25) is 0 Å². The number of aromatic nitrogens is 1. The zero-order valence-electron chi connectivity index (χ0n) is 20.3. The van der Waals surface area contributed by atoms with Crippen LogP contribution in [-0.2, 0) is 9.59 Å². The van der Waals surface area contributed by atoms with Gasteiger partial charge in [0, 0.05) is 24.2 Å². The molecule has 1 aromatic heterocycles. The molecule has 208 valence electrons. The van der Waals surface area contributed by atoms with E-state index in [-0.39, 0.29) is 22.5 Å². The van der Waals surface area contributed by atoms with Gasteiger partial charge in [-0.15, -0.1) is 6.58 Å². The molecule has 13 nitrogen and oxygen atoms in total. The fraction of sp³-hybridized carbons (Fsp3) is 0.458. The molecule has 3 fully saturated rings. The van der Waals surface area contributed by atoms with E-state index < -0.39 is 30.3 Å². The molecule has 2 aromatic rings. The van der Waals surface area contributed by atoms with Crippen molar-refractivity contribution in [3.8, 4) is 5.75 Å². The normalized spacial score (nSPS) is 23.9. The van der Waals surface area contributed by atoms with Crippen molar-refractivity contribution in [3.63, 3.8) is 0 Å². The Balaban J connectivity index is 0.000000868. The van der Waals surface area contributed by atoms with Crippen molar-refractivity contribution >= 4 is 22.8 Å². The van der Waals surface area contributed by atoms with Crippen molar-refractivity contribution < 1.29 is 56.3 Å². The fourth-order valence-corrected chi connectivity index (χ4v) is 4.71. The third kappa shape index (κ3) is 7.42. The van der Waals surface area contributed by atoms with Gasteiger partial charge in [-0.05, 0) is 61.1 Å². The molecule has 2 bridgehead atoms. The number of aliphatic hydroxyl groups is 3. The Bertz CT molecular complexity index is 1030. The first kappa shape index (κ1) is 33.8. The van der Waals surface area contributed by atoms with Crippen LogP contribution in [0.3, 0.4) is 0 Å². The summed E-state index contributed by atoms with van der Waals surface area (Å²) in [7, 11) is 1.66. The number of aliphatic hydroxyl groups excluding tert-OH is 3. The summed E-state index contributed by atoms with van der Waals surface area (Å²) in [6.45, 7) is 6.07. The molecule has 0 radical (unpaired) electrons. The SMILES string of the molecule is C=C[C@H]1CN2CC[C@H]1C[C@H]2[C@H](O)c1ccnc2ccc(OC)cc12.O.O.O.O=C(O)[C@H](O)[C@@H](O)C(=O)O. The molecule has 3 aliphatic rings. The average molecular weight is 529 g/mol. The van der Waals surface area contributed by atoms with E-state index in [1.807, 2.05) is 24.3 Å². The van der Waals surface area contributed by atoms with Crippen LogP contribution in [0.25, 0.3) is 10.9 Å². The van der Waals surface area contributed by atoms with Crippen LogP contribution in [0.2, 0.25) is 0 Å². The van der Waals surface area contributed by atoms with Gasteiger partial charge in [0.25, 0.3) is 0 Å². The van der Waals surface area contributed by atoms with Crippen LogP contribution >= 0.6 is 0 Å². The first-order valence-corrected chi connectivity index (χ1v) is 11.0. The van der Waals surface area contributed by atoms with Gasteiger partial charge < -0.3 is 46.7 Å². The van der Waals surface area contributed by atoms with E-state index in [0.29, 0.717) is 11.8 Å². The van der Waals surface area contributed by atoms with E-state index in [1.165, 1.54) is 6.42 Å². The standard InChI is InChI=1S/C20H24N2O2.C4H6O6.3H2O/c1-3-13-12-22-9-7-14(13)10-19(22)20(23)16-6-8-21-18-5-4-15(24-2)11-17(16)18;5-1(3(7)8)2(6)4(9)10;;;/h3-6,8,11,13-14,19-20,23H,1,7,9-10,12H2,2H3;1-2,5-6H,(H,7,8)(H,9,10);3*1H2/t13-,14-,19-,20+;1-,2-;;;/m01.../s1. The number of pyridine rings is 1. The van der Waals surface area contributed by atoms with E-state index in [9.17, 15) is 14.7 Å². The maximum absolute atomic E-state index is 11.2. The zero-order valence-corrected chi connectivity index (χ0v) is 20.3. The number of carboxylic acid groups (broad SMARTS) is 2. The van der Waals surface area contributed by atoms with Crippen LogP contribution in [0, 0.1) is 11.8 Å². The smallest absolute Gasteiger partial charge is 0.335 e. The van der Waals surface area contributed by atoms with Crippen molar-refractivity contribution in [3.05, 3.63) is 48.7 Å². The van der Waals surface area contributed by atoms with Gasteiger partial charge in [0.15, 0.2) is 12.2 Å². The number of carboxylic acids is 2. The predicted octanol–water partition coefficient (Wildman–Crippen LogP) is -1.42. The third-order valence-electron chi connectivity index (χ3n) is 6.62. The van der Waals surface area contributed by atoms with Crippen LogP contribution in [0.15, 0.2) is 43.1 Å². The number of fused-ring (bicyclic) bond motifs is 4. The second kappa shape index (κ2) is 14.5. The first-order valence-electron chi connectivity index (χ1n) is 11.0. The largest absolute Gasteiger partial charge is 0.497 e. The highest BCUT2D eigenvalue weighted by atomic mass is 16.5. The summed E-state index contributed by atoms with van der Waals surface area (Å²) in [6, 6.07) is 7.96. The lowest BCUT2D eigenvalue weighted by Crippen LogP contribution is -2.54. The highest BCUT2D eigenvalue weighted by molar-refractivity contribution is 5.84. The highest BCUT2D eigenvalue weighted by Gasteiger charge is 2.42. The minimum atomic E-state index is -2.27. The Morgan fingerprint density at radius 2 is 1.73 bits per heavy atom. The van der Waals surface area contributed by atoms with E-state index in [1.54, 1.807) is 13.3 Å². The maximum atomic E-state index is 11.2. The number of ether oxygens (including phenoxy) is 1. The minimum Gasteiger partial charge on any atom is -0.497 e. The van der Waals surface area contributed by atoms with Gasteiger partial charge >= 0.3 is 11.9 Å². The summed E-state index contributed by atoms with van der Waals surface area (Å²) in [4.78, 5) is 26.4. The summed E-state index contributed by atoms with van der Waals surface area (Å²) in [5, 5.41) is 44.7. The first-order chi connectivity index (χ1) is 16.2. The summed E-state index contributed by atoms with van der Waals surface area (Å²) < 4.78 is 5.35. The van der Waals surface area contributed by atoms with Gasteiger partial charge in [-0.2, -0.15) is 0 Å². The number of methoxy groups -OCH3 is 1. The number of hydrogen-bond acceptors (Lipinski definition) is 8. The predicted molar refractivity (Wildman–Crippen MR) is 133 cm³/mol. The van der Waals surface area contributed by atoms with Crippen molar-refractivity contribution in [1.82, 2.24) is 9.88 Å². The number of benzene rings is 1. The van der Waals surface area contributed by atoms with E-state index in [2.05, 4.69) is 22.5 Å². The molecule has 0 aliphatic carbocycles. The highest BCUT2D eigenvalue weighted by Crippen LogP contribution is 2.42. The molecule has 4 heterocycles. The lowest BCUT2D eigenvalue weighted by atomic mass is 9.73. The molecule has 11 N–H and O–H groups in total. The molecule has 1 aromatic carbocycles. The van der Waals surface area contributed by atoms with Crippen LogP contribution < -0.4 is 4.74 Å². The molecule has 0 amide bonds. The van der Waals surface area contributed by atoms with Crippen molar-refractivity contribution in [1.29, 1.82) is 0 Å². The molecule has 3 aliphatic heterocycles. The lowest BCUT2D eigenvalue weighted by Gasteiger charge is -2.50. The summed E-state index contributed by atoms with van der Waals surface area (Å²) in [5.41, 5.74) is 1.85. The van der Waals surface area contributed by atoms with E-state index >= 15 is 0 Å². The van der Waals surface area contributed by atoms with Gasteiger partial charge in [0.05, 0.1) is 18.7 Å². The number of piperidine rings is 3. The topological polar surface area (TPSA) is 255 Å². The van der Waals surface area contributed by atoms with Crippen LogP contribution in [0.5, 0.6) is 5.75 Å². The van der Waals surface area contributed by atoms with Gasteiger partial charge in [-0.25, -0.2) is 9.59 Å². The van der Waals surface area contributed by atoms with Gasteiger partial charge in [-0.3, -0.25) is 9.88 Å². The molecule has 0 spiro atoms. The van der Waals surface area contributed by atoms with Crippen molar-refractivity contribution in [2.45, 2.75) is 37.2 Å². The Kier molecular flexibility index (Phi) is 13.3. The molecule has 3 saturated heterocycles. The molecule has 5 rings (SSSR count). The number of rotatable bonds is 7. The summed E-state index contributed by atoms with van der Waals surface area (Å²) in [6.07, 6.45) is 1.09. The Labute approximate surface area is 213 Å². The number of aliphatic carboxylic acids is 2. The second-order valence-electron chi connectivity index (χ2n) is 8.54. The second-order valence-corrected chi connectivity index (χ2v) is 8.54. The Hall–Kier alpha value is -3.17. The van der Waals surface area contributed by atoms with Crippen LogP contribution in [0.1, 0.15) is 24.5 Å². The Morgan fingerprint density at radius 3 is 2.22 bits per heavy atom. The summed E-state index contributed by atoms with van der Waals surface area (Å²) >= 11 is 0. The van der Waals surface area contributed by atoms with Crippen LogP contribution in [0.4, 0.5) is 0 Å². The van der Waals surface area contributed by atoms with Crippen molar-refractivity contribution in [2.24, 2.45) is 11.8 Å².